The van der Waals surface area contributed by atoms with Crippen LogP contribution in [0.4, 0.5) is 0 Å². The summed E-state index contributed by atoms with van der Waals surface area (Å²) in [5.74, 6) is 1.12. The van der Waals surface area contributed by atoms with Crippen LogP contribution in [0, 0.1) is 5.92 Å². The van der Waals surface area contributed by atoms with Crippen LogP contribution in [0.15, 0.2) is 18.2 Å². The van der Waals surface area contributed by atoms with Gasteiger partial charge in [0, 0.05) is 18.6 Å². The molecule has 0 bridgehead atoms. The number of fused-ring (bicyclic) bond motifs is 1. The van der Waals surface area contributed by atoms with Gasteiger partial charge in [0.25, 0.3) is 0 Å². The molecule has 1 aromatic carbocycles. The average Bonchev–Trinajstić information content (AvgIpc) is 2.82. The first-order chi connectivity index (χ1) is 8.65. The number of hydrogen-bond acceptors (Lipinski definition) is 3. The molecule has 2 unspecified atom stereocenters. The van der Waals surface area contributed by atoms with E-state index in [9.17, 15) is 5.11 Å². The lowest BCUT2D eigenvalue weighted by Gasteiger charge is -2.27. The second-order valence-electron chi connectivity index (χ2n) is 5.04. The summed E-state index contributed by atoms with van der Waals surface area (Å²) in [7, 11) is 0. The van der Waals surface area contributed by atoms with Crippen LogP contribution in [0.1, 0.15) is 38.0 Å². The van der Waals surface area contributed by atoms with Crippen LogP contribution in [-0.4, -0.2) is 24.4 Å². The molecule has 0 spiro atoms. The molecule has 0 radical (unpaired) electrons. The summed E-state index contributed by atoms with van der Waals surface area (Å²) >= 11 is 0. The minimum absolute atomic E-state index is 0.189. The second kappa shape index (κ2) is 5.72. The number of ether oxygens (including phenoxy) is 2. The van der Waals surface area contributed by atoms with Gasteiger partial charge in [-0.2, -0.15) is 0 Å². The third-order valence-electron chi connectivity index (χ3n) is 3.39. The van der Waals surface area contributed by atoms with Crippen molar-refractivity contribution in [3.63, 3.8) is 0 Å². The van der Waals surface area contributed by atoms with Crippen molar-refractivity contribution in [3.05, 3.63) is 29.3 Å². The minimum Gasteiger partial charge on any atom is -0.493 e. The van der Waals surface area contributed by atoms with Gasteiger partial charge in [-0.3, -0.25) is 0 Å². The van der Waals surface area contributed by atoms with Gasteiger partial charge in [-0.25, -0.2) is 0 Å². The molecule has 1 aliphatic heterocycles. The highest BCUT2D eigenvalue weighted by atomic mass is 16.5. The molecule has 0 fully saturated rings. The summed E-state index contributed by atoms with van der Waals surface area (Å²) in [5, 5.41) is 10.5. The highest BCUT2D eigenvalue weighted by molar-refractivity contribution is 5.45. The monoisotopic (exact) mass is 250 g/mol. The van der Waals surface area contributed by atoms with E-state index < -0.39 is 6.10 Å². The van der Waals surface area contributed by atoms with E-state index in [1.807, 2.05) is 19.1 Å². The summed E-state index contributed by atoms with van der Waals surface area (Å²) in [6.45, 7) is 7.39. The summed E-state index contributed by atoms with van der Waals surface area (Å²) in [4.78, 5) is 0. The fourth-order valence-electron chi connectivity index (χ4n) is 2.49. The summed E-state index contributed by atoms with van der Waals surface area (Å²) in [6.07, 6.45) is 0.111. The standard InChI is InChI=1S/C15H22O3/c1-4-17-14(10(2)3)13(16)12-7-5-6-11-8-9-18-15(11)12/h5-7,10,13-14,16H,4,8-9H2,1-3H3. The summed E-state index contributed by atoms with van der Waals surface area (Å²) < 4.78 is 11.3. The van der Waals surface area contributed by atoms with Crippen molar-refractivity contribution in [2.45, 2.75) is 39.4 Å². The number of hydrogen-bond donors (Lipinski definition) is 1. The van der Waals surface area contributed by atoms with Crippen molar-refractivity contribution >= 4 is 0 Å². The van der Waals surface area contributed by atoms with Crippen molar-refractivity contribution in [2.24, 2.45) is 5.92 Å². The van der Waals surface area contributed by atoms with E-state index in [0.29, 0.717) is 13.2 Å². The number of aliphatic hydroxyl groups is 1. The van der Waals surface area contributed by atoms with E-state index in [1.165, 1.54) is 5.56 Å². The Balaban J connectivity index is 2.27. The lowest BCUT2D eigenvalue weighted by atomic mass is 9.94. The van der Waals surface area contributed by atoms with Crippen molar-refractivity contribution in [2.75, 3.05) is 13.2 Å². The molecular weight excluding hydrogens is 228 g/mol. The molecule has 3 heteroatoms. The highest BCUT2D eigenvalue weighted by Gasteiger charge is 2.29. The van der Waals surface area contributed by atoms with E-state index in [2.05, 4.69) is 19.9 Å². The molecule has 0 aromatic heterocycles. The predicted molar refractivity (Wildman–Crippen MR) is 70.9 cm³/mol. The predicted octanol–water partition coefficient (Wildman–Crippen LogP) is 2.72. The molecule has 2 rings (SSSR count). The zero-order valence-corrected chi connectivity index (χ0v) is 11.3. The molecule has 0 aliphatic carbocycles. The van der Waals surface area contributed by atoms with Gasteiger partial charge in [-0.05, 0) is 18.4 Å². The molecule has 1 heterocycles. The molecule has 0 saturated heterocycles. The Morgan fingerprint density at radius 3 is 2.83 bits per heavy atom. The first-order valence-corrected chi connectivity index (χ1v) is 6.69. The zero-order valence-electron chi connectivity index (χ0n) is 11.3. The molecule has 0 saturated carbocycles. The molecule has 18 heavy (non-hydrogen) atoms. The minimum atomic E-state index is -0.627. The van der Waals surface area contributed by atoms with Gasteiger partial charge in [-0.1, -0.05) is 32.0 Å². The number of para-hydroxylation sites is 1. The molecule has 0 amide bonds. The second-order valence-corrected chi connectivity index (χ2v) is 5.04. The first kappa shape index (κ1) is 13.4. The highest BCUT2D eigenvalue weighted by Crippen LogP contribution is 2.36. The van der Waals surface area contributed by atoms with Crippen LogP contribution >= 0.6 is 0 Å². The first-order valence-electron chi connectivity index (χ1n) is 6.69. The van der Waals surface area contributed by atoms with Crippen LogP contribution in [0.3, 0.4) is 0 Å². The maximum Gasteiger partial charge on any atom is 0.128 e. The fourth-order valence-corrected chi connectivity index (χ4v) is 2.49. The van der Waals surface area contributed by atoms with Gasteiger partial charge in [0.15, 0.2) is 0 Å². The number of benzene rings is 1. The van der Waals surface area contributed by atoms with Crippen LogP contribution in [0.5, 0.6) is 5.75 Å². The Hall–Kier alpha value is -1.06. The normalized spacial score (nSPS) is 17.4. The topological polar surface area (TPSA) is 38.7 Å². The Bertz CT molecular complexity index is 401. The largest absolute Gasteiger partial charge is 0.493 e. The van der Waals surface area contributed by atoms with E-state index in [0.717, 1.165) is 17.7 Å². The van der Waals surface area contributed by atoms with Gasteiger partial charge in [0.05, 0.1) is 12.7 Å². The van der Waals surface area contributed by atoms with Crippen LogP contribution in [0.25, 0.3) is 0 Å². The molecule has 2 atom stereocenters. The smallest absolute Gasteiger partial charge is 0.128 e. The van der Waals surface area contributed by atoms with E-state index in [1.54, 1.807) is 0 Å². The molecule has 1 aliphatic rings. The van der Waals surface area contributed by atoms with Crippen LogP contribution < -0.4 is 4.74 Å². The van der Waals surface area contributed by atoms with Gasteiger partial charge < -0.3 is 14.6 Å². The fraction of sp³-hybridized carbons (Fsp3) is 0.600. The van der Waals surface area contributed by atoms with E-state index in [4.69, 9.17) is 9.47 Å². The molecule has 100 valence electrons. The van der Waals surface area contributed by atoms with Crippen molar-refractivity contribution < 1.29 is 14.6 Å². The van der Waals surface area contributed by atoms with Crippen LogP contribution in [-0.2, 0) is 11.2 Å². The lowest BCUT2D eigenvalue weighted by molar-refractivity contribution is -0.0592. The van der Waals surface area contributed by atoms with Gasteiger partial charge in [0.1, 0.15) is 11.9 Å². The Morgan fingerprint density at radius 2 is 2.17 bits per heavy atom. The molecule has 1 N–H and O–H groups in total. The summed E-state index contributed by atoms with van der Waals surface area (Å²) in [5.41, 5.74) is 2.04. The number of aliphatic hydroxyl groups excluding tert-OH is 1. The van der Waals surface area contributed by atoms with Crippen molar-refractivity contribution in [1.29, 1.82) is 0 Å². The van der Waals surface area contributed by atoms with Gasteiger partial charge in [-0.15, -0.1) is 0 Å². The Morgan fingerprint density at radius 1 is 1.39 bits per heavy atom. The average molecular weight is 250 g/mol. The van der Waals surface area contributed by atoms with Gasteiger partial charge in [0.2, 0.25) is 0 Å². The molecular formula is C15H22O3. The van der Waals surface area contributed by atoms with Crippen molar-refractivity contribution in [3.8, 4) is 5.75 Å². The number of rotatable bonds is 5. The zero-order chi connectivity index (χ0) is 13.1. The third-order valence-corrected chi connectivity index (χ3v) is 3.39. The molecule has 1 aromatic rings. The quantitative estimate of drug-likeness (QED) is 0.873. The maximum atomic E-state index is 10.5. The molecule has 3 nitrogen and oxygen atoms in total. The van der Waals surface area contributed by atoms with Crippen LogP contribution in [0.2, 0.25) is 0 Å². The Labute approximate surface area is 109 Å². The maximum absolute atomic E-state index is 10.5. The van der Waals surface area contributed by atoms with E-state index in [-0.39, 0.29) is 12.0 Å². The third kappa shape index (κ3) is 2.52. The van der Waals surface area contributed by atoms with Crippen molar-refractivity contribution in [1.82, 2.24) is 0 Å². The van der Waals surface area contributed by atoms with E-state index >= 15 is 0 Å². The van der Waals surface area contributed by atoms with Gasteiger partial charge >= 0.3 is 0 Å². The lowest BCUT2D eigenvalue weighted by Crippen LogP contribution is -2.28. The Kier molecular flexibility index (Phi) is 4.25. The SMILES string of the molecule is CCOC(C(C)C)C(O)c1cccc2c1OCC2. The summed E-state index contributed by atoms with van der Waals surface area (Å²) in [6, 6.07) is 5.97.